The molecule has 106 valence electrons. The number of non-ortho nitro benzene ring substituents is 1. The lowest BCUT2D eigenvalue weighted by Gasteiger charge is -2.05. The maximum absolute atomic E-state index is 10.6. The lowest BCUT2D eigenvalue weighted by atomic mass is 10.1. The number of aryl methyl sites for hydroxylation is 2. The lowest BCUT2D eigenvalue weighted by Crippen LogP contribution is -2.00. The first-order chi connectivity index (χ1) is 10.1. The molecule has 1 aromatic carbocycles. The average molecular weight is 346 g/mol. The summed E-state index contributed by atoms with van der Waals surface area (Å²) in [6.07, 6.45) is 4.69. The highest BCUT2D eigenvalue weighted by molar-refractivity contribution is 9.10. The van der Waals surface area contributed by atoms with Gasteiger partial charge >= 0.3 is 0 Å². The Labute approximate surface area is 129 Å². The summed E-state index contributed by atoms with van der Waals surface area (Å²) in [5, 5.41) is 11.8. The second kappa shape index (κ2) is 5.65. The monoisotopic (exact) mass is 345 g/mol. The molecule has 0 fully saturated rings. The van der Waals surface area contributed by atoms with Crippen LogP contribution in [0.15, 0.2) is 53.4 Å². The molecule has 0 spiro atoms. The molecule has 0 aliphatic rings. The Bertz CT molecular complexity index is 796. The highest BCUT2D eigenvalue weighted by Crippen LogP contribution is 2.19. The van der Waals surface area contributed by atoms with Gasteiger partial charge in [-0.2, -0.15) is 0 Å². The molecule has 0 unspecified atom stereocenters. The number of rotatable bonds is 4. The Balaban J connectivity index is 1.75. The second-order valence-corrected chi connectivity index (χ2v) is 5.56. The Kier molecular flexibility index (Phi) is 3.70. The smallest absolute Gasteiger partial charge is 0.269 e. The number of halogens is 1. The molecule has 0 aliphatic heterocycles. The van der Waals surface area contributed by atoms with Gasteiger partial charge in [-0.3, -0.25) is 10.1 Å². The summed E-state index contributed by atoms with van der Waals surface area (Å²) in [5.41, 5.74) is 2.28. The zero-order valence-corrected chi connectivity index (χ0v) is 12.7. The number of nitro benzene ring substituents is 1. The molecule has 21 heavy (non-hydrogen) atoms. The topological polar surface area (TPSA) is 61.0 Å². The molecule has 0 amide bonds. The van der Waals surface area contributed by atoms with Crippen molar-refractivity contribution >= 4 is 32.5 Å². The van der Waals surface area contributed by atoms with E-state index in [2.05, 4.69) is 31.5 Å². The molecule has 6 heteroatoms. The van der Waals surface area contributed by atoms with E-state index in [1.807, 2.05) is 18.5 Å². The van der Waals surface area contributed by atoms with Crippen molar-refractivity contribution in [2.24, 2.45) is 0 Å². The predicted molar refractivity (Wildman–Crippen MR) is 84.2 cm³/mol. The number of pyridine rings is 1. The fraction of sp³-hybridized carbons (Fsp3) is 0.133. The van der Waals surface area contributed by atoms with Gasteiger partial charge in [0.05, 0.1) is 16.6 Å². The molecule has 0 atom stereocenters. The van der Waals surface area contributed by atoms with Gasteiger partial charge in [0, 0.05) is 30.3 Å². The fourth-order valence-electron chi connectivity index (χ4n) is 2.29. The number of aromatic nitrogens is 2. The van der Waals surface area contributed by atoms with E-state index in [0.29, 0.717) is 0 Å². The van der Waals surface area contributed by atoms with Crippen molar-refractivity contribution < 1.29 is 4.92 Å². The molecule has 3 rings (SSSR count). The van der Waals surface area contributed by atoms with Crippen LogP contribution in [0, 0.1) is 10.1 Å². The Morgan fingerprint density at radius 2 is 2.00 bits per heavy atom. The van der Waals surface area contributed by atoms with Gasteiger partial charge < -0.3 is 4.57 Å². The number of fused-ring (bicyclic) bond motifs is 1. The van der Waals surface area contributed by atoms with E-state index < -0.39 is 0 Å². The quantitative estimate of drug-likeness (QED) is 0.408. The van der Waals surface area contributed by atoms with Crippen LogP contribution in [0.5, 0.6) is 0 Å². The highest BCUT2D eigenvalue weighted by atomic mass is 79.9. The number of benzene rings is 1. The van der Waals surface area contributed by atoms with Crippen LogP contribution in [0.25, 0.3) is 10.9 Å². The van der Waals surface area contributed by atoms with Crippen LogP contribution in [0.4, 0.5) is 5.69 Å². The van der Waals surface area contributed by atoms with E-state index in [0.717, 1.165) is 34.0 Å². The third-order valence-electron chi connectivity index (χ3n) is 3.41. The highest BCUT2D eigenvalue weighted by Gasteiger charge is 2.05. The predicted octanol–water partition coefficient (Wildman–Crippen LogP) is 3.95. The van der Waals surface area contributed by atoms with Crippen LogP contribution in [-0.2, 0) is 13.0 Å². The largest absolute Gasteiger partial charge is 0.346 e. The molecule has 2 aromatic heterocycles. The normalized spacial score (nSPS) is 10.9. The van der Waals surface area contributed by atoms with Crippen LogP contribution in [0.2, 0.25) is 0 Å². The molecule has 2 heterocycles. The van der Waals surface area contributed by atoms with Crippen molar-refractivity contribution in [3.63, 3.8) is 0 Å². The Morgan fingerprint density at radius 3 is 2.71 bits per heavy atom. The average Bonchev–Trinajstić information content (AvgIpc) is 2.87. The van der Waals surface area contributed by atoms with E-state index in [9.17, 15) is 10.1 Å². The van der Waals surface area contributed by atoms with Crippen LogP contribution in [0.3, 0.4) is 0 Å². The standard InChI is InChI=1S/C15H12BrN3O2/c16-15-9-12-6-8-18(14(12)10-17-15)7-5-11-1-3-13(4-2-11)19(20)21/h1-4,6,8-10H,5,7H2. The van der Waals surface area contributed by atoms with E-state index in [1.165, 1.54) is 0 Å². The van der Waals surface area contributed by atoms with Crippen molar-refractivity contribution in [2.45, 2.75) is 13.0 Å². The van der Waals surface area contributed by atoms with Crippen molar-refractivity contribution in [3.8, 4) is 0 Å². The van der Waals surface area contributed by atoms with Gasteiger partial charge in [-0.25, -0.2) is 4.98 Å². The molecular weight excluding hydrogens is 334 g/mol. The van der Waals surface area contributed by atoms with Gasteiger partial charge in [0.1, 0.15) is 4.60 Å². The summed E-state index contributed by atoms with van der Waals surface area (Å²) >= 11 is 3.36. The van der Waals surface area contributed by atoms with Gasteiger partial charge in [0.15, 0.2) is 0 Å². The fourth-order valence-corrected chi connectivity index (χ4v) is 2.64. The van der Waals surface area contributed by atoms with E-state index in [4.69, 9.17) is 0 Å². The second-order valence-electron chi connectivity index (χ2n) is 4.75. The Morgan fingerprint density at radius 1 is 1.24 bits per heavy atom. The first-order valence-electron chi connectivity index (χ1n) is 6.47. The van der Waals surface area contributed by atoms with Gasteiger partial charge in [-0.05, 0) is 40.0 Å². The third-order valence-corrected chi connectivity index (χ3v) is 3.85. The summed E-state index contributed by atoms with van der Waals surface area (Å²) in [7, 11) is 0. The van der Waals surface area contributed by atoms with Crippen LogP contribution in [0.1, 0.15) is 5.56 Å². The summed E-state index contributed by atoms with van der Waals surface area (Å²) in [6, 6.07) is 10.7. The van der Waals surface area contributed by atoms with Gasteiger partial charge in [-0.1, -0.05) is 12.1 Å². The minimum atomic E-state index is -0.382. The van der Waals surface area contributed by atoms with Crippen LogP contribution >= 0.6 is 15.9 Å². The molecular formula is C15H12BrN3O2. The minimum Gasteiger partial charge on any atom is -0.346 e. The third kappa shape index (κ3) is 2.95. The summed E-state index contributed by atoms with van der Waals surface area (Å²) in [4.78, 5) is 14.5. The van der Waals surface area contributed by atoms with Crippen molar-refractivity contribution in [1.29, 1.82) is 0 Å². The number of nitro groups is 1. The first kappa shape index (κ1) is 13.8. The summed E-state index contributed by atoms with van der Waals surface area (Å²) in [5.74, 6) is 0. The number of hydrogen-bond acceptors (Lipinski definition) is 3. The first-order valence-corrected chi connectivity index (χ1v) is 7.26. The van der Waals surface area contributed by atoms with Crippen molar-refractivity contribution in [1.82, 2.24) is 9.55 Å². The van der Waals surface area contributed by atoms with Gasteiger partial charge in [0.25, 0.3) is 5.69 Å². The molecule has 0 aliphatic carbocycles. The molecule has 3 aromatic rings. The molecule has 0 radical (unpaired) electrons. The number of nitrogens with zero attached hydrogens (tertiary/aromatic N) is 3. The summed E-state index contributed by atoms with van der Waals surface area (Å²) in [6.45, 7) is 0.810. The lowest BCUT2D eigenvalue weighted by molar-refractivity contribution is -0.384. The zero-order chi connectivity index (χ0) is 14.8. The van der Waals surface area contributed by atoms with Gasteiger partial charge in [0.2, 0.25) is 0 Å². The van der Waals surface area contributed by atoms with Gasteiger partial charge in [-0.15, -0.1) is 0 Å². The zero-order valence-electron chi connectivity index (χ0n) is 11.1. The van der Waals surface area contributed by atoms with Crippen LogP contribution < -0.4 is 0 Å². The maximum atomic E-state index is 10.6. The van der Waals surface area contributed by atoms with E-state index >= 15 is 0 Å². The summed E-state index contributed by atoms with van der Waals surface area (Å²) < 4.78 is 2.96. The number of hydrogen-bond donors (Lipinski definition) is 0. The van der Waals surface area contributed by atoms with Crippen LogP contribution in [-0.4, -0.2) is 14.5 Å². The maximum Gasteiger partial charge on any atom is 0.269 e. The molecule has 0 bridgehead atoms. The van der Waals surface area contributed by atoms with Crippen molar-refractivity contribution in [3.05, 3.63) is 69.1 Å². The van der Waals surface area contributed by atoms with E-state index in [1.54, 1.807) is 24.3 Å². The minimum absolute atomic E-state index is 0.124. The van der Waals surface area contributed by atoms with E-state index in [-0.39, 0.29) is 10.6 Å². The SMILES string of the molecule is O=[N+]([O-])c1ccc(CCn2ccc3cc(Br)ncc32)cc1. The van der Waals surface area contributed by atoms with Crippen molar-refractivity contribution in [2.75, 3.05) is 0 Å². The molecule has 5 nitrogen and oxygen atoms in total. The Hall–Kier alpha value is -2.21. The molecule has 0 saturated carbocycles. The molecule has 0 saturated heterocycles. The molecule has 0 N–H and O–H groups in total.